The zero-order chi connectivity index (χ0) is 14.1. The van der Waals surface area contributed by atoms with E-state index in [-0.39, 0.29) is 11.5 Å². The number of rotatable bonds is 4. The maximum atomic E-state index is 11.5. The number of H-pyrrole nitrogens is 1. The highest BCUT2D eigenvalue weighted by Gasteiger charge is 2.33. The van der Waals surface area contributed by atoms with E-state index in [0.717, 1.165) is 0 Å². The quantitative estimate of drug-likeness (QED) is 0.841. The number of aromatic amines is 1. The summed E-state index contributed by atoms with van der Waals surface area (Å²) in [5, 5.41) is 9.17. The van der Waals surface area contributed by atoms with Gasteiger partial charge >= 0.3 is 5.97 Å². The van der Waals surface area contributed by atoms with Gasteiger partial charge in [0, 0.05) is 19.0 Å². The predicted octanol–water partition coefficient (Wildman–Crippen LogP) is 1.19. The maximum absolute atomic E-state index is 11.5. The minimum atomic E-state index is -1.13. The number of carboxylic acids is 1. The number of likely N-dealkylation sites (N-methyl/N-ethyl adjacent to an activating group) is 1. The standard InChI is InChI=1S/C12H19N3O3/c1-7(2)10-13-8(6-9(16)14-10)15(5)12(3,4)11(17)18/h6-7H,1-5H3,(H,17,18)(H,13,14,16). The van der Waals surface area contributed by atoms with E-state index in [2.05, 4.69) is 9.97 Å². The zero-order valence-electron chi connectivity index (χ0n) is 11.3. The van der Waals surface area contributed by atoms with Crippen molar-refractivity contribution in [2.75, 3.05) is 11.9 Å². The molecule has 100 valence electrons. The fraction of sp³-hybridized carbons (Fsp3) is 0.583. The highest BCUT2D eigenvalue weighted by molar-refractivity contribution is 5.81. The molecular weight excluding hydrogens is 234 g/mol. The van der Waals surface area contributed by atoms with Gasteiger partial charge in [0.25, 0.3) is 5.56 Å². The van der Waals surface area contributed by atoms with E-state index in [1.807, 2.05) is 13.8 Å². The van der Waals surface area contributed by atoms with Crippen molar-refractivity contribution in [3.8, 4) is 0 Å². The van der Waals surface area contributed by atoms with Gasteiger partial charge in [-0.05, 0) is 13.8 Å². The van der Waals surface area contributed by atoms with Gasteiger partial charge in [0.1, 0.15) is 17.2 Å². The van der Waals surface area contributed by atoms with Crippen LogP contribution in [0.4, 0.5) is 5.82 Å². The summed E-state index contributed by atoms with van der Waals surface area (Å²) in [5.74, 6) is -0.00226. The molecule has 6 heteroatoms. The Kier molecular flexibility index (Phi) is 3.79. The van der Waals surface area contributed by atoms with Crippen LogP contribution in [0.25, 0.3) is 0 Å². The molecule has 0 aliphatic heterocycles. The smallest absolute Gasteiger partial charge is 0.328 e. The lowest BCUT2D eigenvalue weighted by Crippen LogP contribution is -2.48. The lowest BCUT2D eigenvalue weighted by atomic mass is 10.0. The number of anilines is 1. The number of nitrogens with zero attached hydrogens (tertiary/aromatic N) is 2. The Morgan fingerprint density at radius 2 is 2.06 bits per heavy atom. The number of aliphatic carboxylic acids is 1. The third kappa shape index (κ3) is 2.69. The molecule has 6 nitrogen and oxygen atoms in total. The van der Waals surface area contributed by atoms with Crippen molar-refractivity contribution in [1.29, 1.82) is 0 Å². The Morgan fingerprint density at radius 3 is 2.50 bits per heavy atom. The monoisotopic (exact) mass is 253 g/mol. The molecule has 0 unspecified atom stereocenters. The first-order valence-corrected chi connectivity index (χ1v) is 5.74. The summed E-state index contributed by atoms with van der Waals surface area (Å²) in [7, 11) is 1.61. The maximum Gasteiger partial charge on any atom is 0.328 e. The summed E-state index contributed by atoms with van der Waals surface area (Å²) < 4.78 is 0. The van der Waals surface area contributed by atoms with Gasteiger partial charge in [0.05, 0.1) is 0 Å². The lowest BCUT2D eigenvalue weighted by Gasteiger charge is -2.32. The van der Waals surface area contributed by atoms with Crippen molar-refractivity contribution in [2.45, 2.75) is 39.2 Å². The van der Waals surface area contributed by atoms with Crippen molar-refractivity contribution < 1.29 is 9.90 Å². The molecule has 0 aliphatic rings. The zero-order valence-corrected chi connectivity index (χ0v) is 11.3. The second-order valence-corrected chi connectivity index (χ2v) is 5.07. The molecule has 0 atom stereocenters. The van der Waals surface area contributed by atoms with Crippen LogP contribution in [0.2, 0.25) is 0 Å². The molecule has 0 aliphatic carbocycles. The summed E-state index contributed by atoms with van der Waals surface area (Å²) in [6, 6.07) is 1.30. The van der Waals surface area contributed by atoms with Crippen molar-refractivity contribution in [1.82, 2.24) is 9.97 Å². The molecule has 1 aromatic rings. The van der Waals surface area contributed by atoms with Gasteiger partial charge in [-0.25, -0.2) is 9.78 Å². The second kappa shape index (κ2) is 4.80. The van der Waals surface area contributed by atoms with Crippen LogP contribution in [0.15, 0.2) is 10.9 Å². The van der Waals surface area contributed by atoms with E-state index in [9.17, 15) is 9.59 Å². The number of carboxylic acid groups (broad SMARTS) is 1. The Bertz CT molecular complexity index is 506. The van der Waals surface area contributed by atoms with Gasteiger partial charge in [0.2, 0.25) is 0 Å². The second-order valence-electron chi connectivity index (χ2n) is 5.07. The molecule has 2 N–H and O–H groups in total. The van der Waals surface area contributed by atoms with E-state index in [1.54, 1.807) is 20.9 Å². The van der Waals surface area contributed by atoms with Gasteiger partial charge in [-0.2, -0.15) is 0 Å². The topological polar surface area (TPSA) is 86.3 Å². The molecule has 0 saturated carbocycles. The molecule has 1 heterocycles. The first-order valence-electron chi connectivity index (χ1n) is 5.74. The van der Waals surface area contributed by atoms with Gasteiger partial charge in [0.15, 0.2) is 0 Å². The third-order valence-electron chi connectivity index (χ3n) is 3.00. The Labute approximate surface area is 106 Å². The first-order chi connectivity index (χ1) is 8.16. The highest BCUT2D eigenvalue weighted by Crippen LogP contribution is 2.20. The van der Waals surface area contributed by atoms with Gasteiger partial charge < -0.3 is 15.0 Å². The van der Waals surface area contributed by atoms with E-state index >= 15 is 0 Å². The summed E-state index contributed by atoms with van der Waals surface area (Å²) in [6.45, 7) is 6.94. The molecule has 18 heavy (non-hydrogen) atoms. The number of carbonyl (C=O) groups is 1. The van der Waals surface area contributed by atoms with E-state index in [4.69, 9.17) is 5.11 Å². The summed E-state index contributed by atoms with van der Waals surface area (Å²) >= 11 is 0. The average molecular weight is 253 g/mol. The van der Waals surface area contributed by atoms with Gasteiger partial charge in [-0.15, -0.1) is 0 Å². The molecule has 0 aromatic carbocycles. The normalized spacial score (nSPS) is 11.7. The molecule has 0 bridgehead atoms. The van der Waals surface area contributed by atoms with Crippen molar-refractivity contribution in [3.63, 3.8) is 0 Å². The molecule has 0 radical (unpaired) electrons. The van der Waals surface area contributed by atoms with Crippen molar-refractivity contribution in [3.05, 3.63) is 22.2 Å². The van der Waals surface area contributed by atoms with Crippen LogP contribution in [-0.4, -0.2) is 33.6 Å². The van der Waals surface area contributed by atoms with Crippen LogP contribution < -0.4 is 10.5 Å². The van der Waals surface area contributed by atoms with Crippen LogP contribution in [0.5, 0.6) is 0 Å². The molecule has 0 saturated heterocycles. The average Bonchev–Trinajstić information content (AvgIpc) is 2.26. The first kappa shape index (κ1) is 14.2. The van der Waals surface area contributed by atoms with Gasteiger partial charge in [-0.1, -0.05) is 13.8 Å². The van der Waals surface area contributed by atoms with Crippen LogP contribution in [-0.2, 0) is 4.79 Å². The fourth-order valence-corrected chi connectivity index (χ4v) is 1.34. The highest BCUT2D eigenvalue weighted by atomic mass is 16.4. The molecule has 0 spiro atoms. The molecular formula is C12H19N3O3. The van der Waals surface area contributed by atoms with Crippen LogP contribution >= 0.6 is 0 Å². The van der Waals surface area contributed by atoms with E-state index in [1.165, 1.54) is 11.0 Å². The van der Waals surface area contributed by atoms with E-state index < -0.39 is 11.5 Å². The minimum Gasteiger partial charge on any atom is -0.480 e. The summed E-state index contributed by atoms with van der Waals surface area (Å²) in [6.07, 6.45) is 0. The fourth-order valence-electron chi connectivity index (χ4n) is 1.34. The summed E-state index contributed by atoms with van der Waals surface area (Å²) in [5.41, 5.74) is -1.41. The number of hydrogen-bond donors (Lipinski definition) is 2. The third-order valence-corrected chi connectivity index (χ3v) is 3.00. The largest absolute Gasteiger partial charge is 0.480 e. The Balaban J connectivity index is 3.26. The predicted molar refractivity (Wildman–Crippen MR) is 69.1 cm³/mol. The number of hydrogen-bond acceptors (Lipinski definition) is 4. The Hall–Kier alpha value is -1.85. The van der Waals surface area contributed by atoms with Crippen LogP contribution in [0, 0.1) is 0 Å². The van der Waals surface area contributed by atoms with Crippen LogP contribution in [0.3, 0.4) is 0 Å². The van der Waals surface area contributed by atoms with Gasteiger partial charge in [-0.3, -0.25) is 4.79 Å². The van der Waals surface area contributed by atoms with Crippen molar-refractivity contribution in [2.24, 2.45) is 0 Å². The molecule has 1 rings (SSSR count). The molecule has 0 fully saturated rings. The molecule has 1 aromatic heterocycles. The SMILES string of the molecule is CC(C)c1nc(N(C)C(C)(C)C(=O)O)cc(=O)[nH]1. The minimum absolute atomic E-state index is 0.0685. The Morgan fingerprint density at radius 1 is 1.50 bits per heavy atom. The number of aromatic nitrogens is 2. The molecule has 0 amide bonds. The summed E-state index contributed by atoms with van der Waals surface area (Å²) in [4.78, 5) is 31.1. The van der Waals surface area contributed by atoms with Crippen molar-refractivity contribution >= 4 is 11.8 Å². The van der Waals surface area contributed by atoms with E-state index in [0.29, 0.717) is 11.6 Å². The lowest BCUT2D eigenvalue weighted by molar-refractivity contribution is -0.142. The number of nitrogens with one attached hydrogen (secondary N) is 1. The van der Waals surface area contributed by atoms with Crippen LogP contribution in [0.1, 0.15) is 39.4 Å².